The fourth-order valence-electron chi connectivity index (χ4n) is 3.91. The number of carbonyl (C=O) groups excluding carboxylic acids is 1. The van der Waals surface area contributed by atoms with Crippen LogP contribution in [0.2, 0.25) is 0 Å². The maximum atomic E-state index is 12.1. The van der Waals surface area contributed by atoms with Gasteiger partial charge in [0, 0.05) is 35.9 Å². The Morgan fingerprint density at radius 3 is 2.12 bits per heavy atom. The highest BCUT2D eigenvalue weighted by molar-refractivity contribution is 6.11. The Balaban J connectivity index is 1.58. The summed E-state index contributed by atoms with van der Waals surface area (Å²) in [4.78, 5) is 26.4. The Kier molecular flexibility index (Phi) is 13.1. The monoisotopic (exact) mass is 554 g/mol. The number of guanidine groups is 1. The van der Waals surface area contributed by atoms with Crippen LogP contribution in [0.1, 0.15) is 63.2 Å². The van der Waals surface area contributed by atoms with Crippen LogP contribution in [0.4, 0.5) is 11.4 Å². The molecule has 3 rings (SSSR count). The third-order valence-electron chi connectivity index (χ3n) is 6.49. The molecule has 1 unspecified atom stereocenters. The number of para-hydroxylation sites is 1. The Hall–Kier alpha value is -4.46. The molecule has 0 aliphatic heterocycles. The number of hydrogen-bond donors (Lipinski definition) is 4. The molecule has 3 aromatic rings. The Bertz CT molecular complexity index is 1290. The van der Waals surface area contributed by atoms with Crippen molar-refractivity contribution in [2.75, 3.05) is 23.7 Å². The molecule has 0 spiro atoms. The molecule has 41 heavy (non-hydrogen) atoms. The van der Waals surface area contributed by atoms with Crippen LogP contribution in [-0.4, -0.2) is 41.7 Å². The van der Waals surface area contributed by atoms with Gasteiger partial charge in [0.25, 0.3) is 5.91 Å². The molecule has 8 nitrogen and oxygen atoms in total. The number of anilines is 2. The maximum Gasteiger partial charge on any atom is 0.251 e. The van der Waals surface area contributed by atoms with Gasteiger partial charge in [-0.3, -0.25) is 9.79 Å². The van der Waals surface area contributed by atoms with Crippen molar-refractivity contribution in [2.24, 2.45) is 20.9 Å². The van der Waals surface area contributed by atoms with Crippen molar-refractivity contribution >= 4 is 34.9 Å². The first-order valence-electron chi connectivity index (χ1n) is 14.3. The Morgan fingerprint density at radius 1 is 0.805 bits per heavy atom. The van der Waals surface area contributed by atoms with Crippen molar-refractivity contribution in [3.63, 3.8) is 0 Å². The van der Waals surface area contributed by atoms with Crippen LogP contribution < -0.4 is 16.0 Å². The molecule has 216 valence electrons. The Labute approximate surface area is 243 Å². The van der Waals surface area contributed by atoms with Gasteiger partial charge in [-0.15, -0.1) is 0 Å². The lowest BCUT2D eigenvalue weighted by Crippen LogP contribution is -2.24. The smallest absolute Gasteiger partial charge is 0.251 e. The molecule has 0 radical (unpaired) electrons. The average molecular weight is 555 g/mol. The highest BCUT2D eigenvalue weighted by Gasteiger charge is 2.12. The summed E-state index contributed by atoms with van der Waals surface area (Å²) in [6.45, 7) is 7.46. The topological polar surface area (TPSA) is 110 Å². The third kappa shape index (κ3) is 11.7. The number of aromatic hydroxyl groups is 1. The van der Waals surface area contributed by atoms with Gasteiger partial charge in [-0.25, -0.2) is 0 Å². The van der Waals surface area contributed by atoms with E-state index < -0.39 is 0 Å². The first-order chi connectivity index (χ1) is 19.9. The molecule has 3 aromatic carbocycles. The molecule has 0 aliphatic rings. The van der Waals surface area contributed by atoms with Crippen LogP contribution >= 0.6 is 0 Å². The first-order valence-corrected chi connectivity index (χ1v) is 14.3. The van der Waals surface area contributed by atoms with E-state index >= 15 is 0 Å². The van der Waals surface area contributed by atoms with Crippen LogP contribution in [0, 0.1) is 5.92 Å². The minimum Gasteiger partial charge on any atom is -0.508 e. The van der Waals surface area contributed by atoms with E-state index in [0.29, 0.717) is 30.4 Å². The molecule has 0 aliphatic carbocycles. The zero-order valence-corrected chi connectivity index (χ0v) is 24.3. The minimum absolute atomic E-state index is 0.0291. The number of carbonyl (C=O) groups is 1. The zero-order chi connectivity index (χ0) is 29.3. The molecule has 0 fully saturated rings. The summed E-state index contributed by atoms with van der Waals surface area (Å²) in [6, 6.07) is 26.0. The minimum atomic E-state index is -0.0291. The number of phenolic OH excluding ortho intramolecular Hbond substituents is 1. The number of nitrogens with zero attached hydrogens (tertiary/aromatic N) is 3. The fraction of sp³-hybridized carbons (Fsp3) is 0.333. The summed E-state index contributed by atoms with van der Waals surface area (Å²) in [5.41, 5.74) is 2.41. The number of amidine groups is 2. The Morgan fingerprint density at radius 2 is 1.44 bits per heavy atom. The van der Waals surface area contributed by atoms with Gasteiger partial charge in [0.1, 0.15) is 17.4 Å². The number of nitrogens with one attached hydrogen (secondary N) is 3. The molecule has 8 heteroatoms. The van der Waals surface area contributed by atoms with Crippen molar-refractivity contribution in [1.82, 2.24) is 5.32 Å². The van der Waals surface area contributed by atoms with Crippen LogP contribution in [0.3, 0.4) is 0 Å². The average Bonchev–Trinajstić information content (AvgIpc) is 2.99. The number of rotatable bonds is 12. The molecule has 1 atom stereocenters. The summed E-state index contributed by atoms with van der Waals surface area (Å²) in [6.07, 6.45) is 4.83. The second-order valence-electron chi connectivity index (χ2n) is 9.87. The molecular formula is C33H42N6O2. The number of hydrogen-bond acceptors (Lipinski definition) is 3. The van der Waals surface area contributed by atoms with Crippen LogP contribution in [-0.2, 0) is 0 Å². The highest BCUT2D eigenvalue weighted by Crippen LogP contribution is 2.16. The van der Waals surface area contributed by atoms with Gasteiger partial charge in [-0.2, -0.15) is 9.98 Å². The van der Waals surface area contributed by atoms with Crippen molar-refractivity contribution < 1.29 is 9.90 Å². The normalized spacial score (nSPS) is 13.0. The molecule has 0 aromatic heterocycles. The molecular weight excluding hydrogens is 512 g/mol. The summed E-state index contributed by atoms with van der Waals surface area (Å²) in [5.74, 6) is 2.20. The van der Waals surface area contributed by atoms with Crippen LogP contribution in [0.15, 0.2) is 99.9 Å². The number of benzene rings is 3. The van der Waals surface area contributed by atoms with Crippen molar-refractivity contribution in [1.29, 1.82) is 0 Å². The van der Waals surface area contributed by atoms with E-state index in [1.807, 2.05) is 67.6 Å². The van der Waals surface area contributed by atoms with E-state index in [4.69, 9.17) is 9.98 Å². The fourth-order valence-corrected chi connectivity index (χ4v) is 3.91. The maximum absolute atomic E-state index is 12.1. The van der Waals surface area contributed by atoms with Gasteiger partial charge >= 0.3 is 0 Å². The van der Waals surface area contributed by atoms with Crippen LogP contribution in [0.25, 0.3) is 0 Å². The summed E-state index contributed by atoms with van der Waals surface area (Å²) in [7, 11) is 0. The summed E-state index contributed by atoms with van der Waals surface area (Å²) < 4.78 is 0. The second-order valence-corrected chi connectivity index (χ2v) is 9.87. The molecule has 0 saturated carbocycles. The van der Waals surface area contributed by atoms with E-state index in [0.717, 1.165) is 49.3 Å². The SMILES string of the molecule is CCC(C)C(=NC(=NC(C)=NCCCCCCNC(=O)c1ccccc1)Nc1ccc(O)cc1)Nc1ccccc1. The molecule has 4 N–H and O–H groups in total. The van der Waals surface area contributed by atoms with Crippen LogP contribution in [0.5, 0.6) is 5.75 Å². The zero-order valence-electron chi connectivity index (χ0n) is 24.3. The molecule has 0 saturated heterocycles. The standard InChI is InChI=1S/C33H42N6O2/c1-4-25(2)31(37-28-17-11-8-12-18-28)39-33(38-29-19-21-30(40)22-20-29)36-26(3)34-23-13-5-6-14-24-35-32(41)27-15-9-7-10-16-27/h7-12,15-22,25,40H,4-6,13-14,23-24H2,1-3H3,(H,35,41)(H2,34,36,37,38,39). The van der Waals surface area contributed by atoms with Gasteiger partial charge in [-0.05, 0) is 74.7 Å². The number of unbranched alkanes of at least 4 members (excludes halogenated alkanes) is 3. The lowest BCUT2D eigenvalue weighted by molar-refractivity contribution is 0.0953. The van der Waals surface area contributed by atoms with Gasteiger partial charge in [0.2, 0.25) is 5.96 Å². The van der Waals surface area contributed by atoms with E-state index in [1.165, 1.54) is 0 Å². The second kappa shape index (κ2) is 17.3. The highest BCUT2D eigenvalue weighted by atomic mass is 16.3. The van der Waals surface area contributed by atoms with E-state index in [1.54, 1.807) is 24.3 Å². The summed E-state index contributed by atoms with van der Waals surface area (Å²) in [5, 5.41) is 19.4. The quantitative estimate of drug-likeness (QED) is 0.0826. The third-order valence-corrected chi connectivity index (χ3v) is 6.49. The molecule has 0 heterocycles. The van der Waals surface area contributed by atoms with Gasteiger partial charge in [0.05, 0.1) is 0 Å². The van der Waals surface area contributed by atoms with Crippen molar-refractivity contribution in [3.05, 3.63) is 90.5 Å². The van der Waals surface area contributed by atoms with Gasteiger partial charge in [0.15, 0.2) is 0 Å². The lowest BCUT2D eigenvalue weighted by Gasteiger charge is -2.16. The van der Waals surface area contributed by atoms with Crippen molar-refractivity contribution in [3.8, 4) is 5.75 Å². The lowest BCUT2D eigenvalue weighted by atomic mass is 10.1. The summed E-state index contributed by atoms with van der Waals surface area (Å²) >= 11 is 0. The van der Waals surface area contributed by atoms with E-state index in [2.05, 4.69) is 34.8 Å². The largest absolute Gasteiger partial charge is 0.508 e. The number of aliphatic imine (C=N–C) groups is 3. The predicted octanol–water partition coefficient (Wildman–Crippen LogP) is 7.13. The predicted molar refractivity (Wildman–Crippen MR) is 171 cm³/mol. The molecule has 0 bridgehead atoms. The first kappa shape index (κ1) is 31.1. The number of phenols is 1. The molecule has 1 amide bonds. The van der Waals surface area contributed by atoms with Gasteiger partial charge in [-0.1, -0.05) is 63.1 Å². The van der Waals surface area contributed by atoms with Gasteiger partial charge < -0.3 is 21.1 Å². The van der Waals surface area contributed by atoms with Crippen molar-refractivity contribution in [2.45, 2.75) is 52.9 Å². The van der Waals surface area contributed by atoms with E-state index in [9.17, 15) is 9.90 Å². The van der Waals surface area contributed by atoms with E-state index in [-0.39, 0.29) is 17.6 Å². The number of amides is 1.